The zero-order chi connectivity index (χ0) is 22.2. The molecule has 160 valence electrons. The summed E-state index contributed by atoms with van der Waals surface area (Å²) in [6.45, 7) is 10.4. The Morgan fingerprint density at radius 3 is 2.52 bits per heavy atom. The van der Waals surface area contributed by atoms with Crippen LogP contribution in [0.1, 0.15) is 55.5 Å². The highest BCUT2D eigenvalue weighted by atomic mass is 16.5. The molecule has 0 aromatic heterocycles. The first-order valence-electron chi connectivity index (χ1n) is 10.8. The Labute approximate surface area is 184 Å². The van der Waals surface area contributed by atoms with Gasteiger partial charge in [-0.3, -0.25) is 4.79 Å². The molecule has 1 aliphatic rings. The molecule has 0 radical (unpaired) electrons. The average molecular weight is 415 g/mol. The molecule has 0 saturated heterocycles. The number of carbonyl (C=O) groups excluding carboxylic acids is 1. The number of nitrogens with one attached hydrogen (secondary N) is 1. The third-order valence-corrected chi connectivity index (χ3v) is 6.01. The first-order valence-corrected chi connectivity index (χ1v) is 10.8. The van der Waals surface area contributed by atoms with E-state index >= 15 is 0 Å². The fourth-order valence-corrected chi connectivity index (χ4v) is 4.22. The van der Waals surface area contributed by atoms with E-state index in [9.17, 15) is 4.79 Å². The first-order chi connectivity index (χ1) is 14.7. The number of carbonyl (C=O) groups is 1. The van der Waals surface area contributed by atoms with Gasteiger partial charge >= 0.3 is 0 Å². The summed E-state index contributed by atoms with van der Waals surface area (Å²) in [5, 5.41) is 6.89. The average Bonchev–Trinajstić information content (AvgIpc) is 3.15. The van der Waals surface area contributed by atoms with Crippen LogP contribution in [-0.2, 0) is 23.1 Å². The van der Waals surface area contributed by atoms with Gasteiger partial charge in [0.2, 0.25) is 0 Å². The van der Waals surface area contributed by atoms with E-state index in [0.29, 0.717) is 0 Å². The molecular formula is C27H30N2O2. The van der Waals surface area contributed by atoms with Crippen molar-refractivity contribution >= 4 is 22.4 Å². The number of rotatable bonds is 5. The lowest BCUT2D eigenvalue weighted by Crippen LogP contribution is -2.26. The summed E-state index contributed by atoms with van der Waals surface area (Å²) in [6.07, 6.45) is 2.19. The smallest absolute Gasteiger partial charge is 0.277 e. The van der Waals surface area contributed by atoms with Crippen LogP contribution in [0.2, 0.25) is 0 Å². The zero-order valence-electron chi connectivity index (χ0n) is 19.0. The number of aryl methyl sites for hydroxylation is 3. The van der Waals surface area contributed by atoms with E-state index in [1.165, 1.54) is 27.5 Å². The lowest BCUT2D eigenvalue weighted by atomic mass is 9.86. The lowest BCUT2D eigenvalue weighted by Gasteiger charge is -2.20. The third kappa shape index (κ3) is 4.34. The minimum Gasteiger partial charge on any atom is -0.483 e. The topological polar surface area (TPSA) is 50.7 Å². The van der Waals surface area contributed by atoms with E-state index < -0.39 is 0 Å². The summed E-state index contributed by atoms with van der Waals surface area (Å²) in [6, 6.07) is 16.8. The number of hydrogen-bond acceptors (Lipinski definition) is 3. The molecule has 0 aliphatic heterocycles. The van der Waals surface area contributed by atoms with Gasteiger partial charge in [0.05, 0.1) is 5.71 Å². The number of ether oxygens (including phenoxy) is 1. The Hall–Kier alpha value is -3.14. The standard InChI is InChI=1S/C27H30N2O2/c1-17-15-21(27(3,4)5)12-14-24(17)31-16-25(30)29-28-18(2)22-13-11-20-10-9-19-7-6-8-23(22)26(19)20/h6-8,11-15H,9-10,16H2,1-5H3,(H,29,30)/b28-18-. The minimum absolute atomic E-state index is 0.0731. The fourth-order valence-electron chi connectivity index (χ4n) is 4.22. The van der Waals surface area contributed by atoms with Crippen molar-refractivity contribution in [2.45, 2.75) is 52.9 Å². The molecule has 4 rings (SSSR count). The highest BCUT2D eigenvalue weighted by Crippen LogP contribution is 2.33. The van der Waals surface area contributed by atoms with Crippen molar-refractivity contribution in [3.05, 3.63) is 76.3 Å². The van der Waals surface area contributed by atoms with Crippen molar-refractivity contribution in [1.29, 1.82) is 0 Å². The SMILES string of the molecule is C/C(=N/NC(=O)COc1ccc(C(C)(C)C)cc1C)c1ccc2c3c(cccc13)CC2. The van der Waals surface area contributed by atoms with E-state index in [1.54, 1.807) is 0 Å². The van der Waals surface area contributed by atoms with Gasteiger partial charge in [-0.1, -0.05) is 63.2 Å². The maximum Gasteiger partial charge on any atom is 0.277 e. The van der Waals surface area contributed by atoms with Gasteiger partial charge in [-0.25, -0.2) is 5.43 Å². The van der Waals surface area contributed by atoms with E-state index in [1.807, 2.05) is 19.9 Å². The molecular weight excluding hydrogens is 384 g/mol. The van der Waals surface area contributed by atoms with Gasteiger partial charge in [-0.2, -0.15) is 5.10 Å². The Bertz CT molecular complexity index is 1180. The van der Waals surface area contributed by atoms with Crippen molar-refractivity contribution < 1.29 is 9.53 Å². The van der Waals surface area contributed by atoms with Crippen LogP contribution < -0.4 is 10.2 Å². The van der Waals surface area contributed by atoms with Crippen molar-refractivity contribution in [3.8, 4) is 5.75 Å². The Morgan fingerprint density at radius 2 is 1.81 bits per heavy atom. The summed E-state index contributed by atoms with van der Waals surface area (Å²) in [5.74, 6) is 0.445. The van der Waals surface area contributed by atoms with Gasteiger partial charge in [0.25, 0.3) is 5.91 Å². The zero-order valence-corrected chi connectivity index (χ0v) is 19.0. The van der Waals surface area contributed by atoms with Crippen molar-refractivity contribution in [2.24, 2.45) is 5.10 Å². The molecule has 1 N–H and O–H groups in total. The van der Waals surface area contributed by atoms with Crippen LogP contribution in [0.15, 0.2) is 53.6 Å². The summed E-state index contributed by atoms with van der Waals surface area (Å²) in [7, 11) is 0. The van der Waals surface area contributed by atoms with Crippen molar-refractivity contribution in [3.63, 3.8) is 0 Å². The Kier molecular flexibility index (Phi) is 5.57. The quantitative estimate of drug-likeness (QED) is 0.445. The second-order valence-corrected chi connectivity index (χ2v) is 9.36. The van der Waals surface area contributed by atoms with E-state index in [0.717, 1.165) is 35.4 Å². The molecule has 0 spiro atoms. The highest BCUT2D eigenvalue weighted by molar-refractivity contribution is 6.11. The summed E-state index contributed by atoms with van der Waals surface area (Å²) >= 11 is 0. The molecule has 4 heteroatoms. The van der Waals surface area contributed by atoms with Crippen LogP contribution in [0.3, 0.4) is 0 Å². The third-order valence-electron chi connectivity index (χ3n) is 6.01. The first kappa shape index (κ1) is 21.1. The van der Waals surface area contributed by atoms with E-state index in [-0.39, 0.29) is 17.9 Å². The van der Waals surface area contributed by atoms with Crippen LogP contribution >= 0.6 is 0 Å². The van der Waals surface area contributed by atoms with Gasteiger partial charge in [0.1, 0.15) is 5.75 Å². The van der Waals surface area contributed by atoms with Crippen LogP contribution in [0.5, 0.6) is 5.75 Å². The number of nitrogens with zero attached hydrogens (tertiary/aromatic N) is 1. The van der Waals surface area contributed by atoms with Gasteiger partial charge < -0.3 is 4.74 Å². The highest BCUT2D eigenvalue weighted by Gasteiger charge is 2.17. The van der Waals surface area contributed by atoms with Crippen LogP contribution in [0, 0.1) is 6.92 Å². The molecule has 1 aliphatic carbocycles. The normalized spacial score (nSPS) is 13.5. The van der Waals surface area contributed by atoms with Gasteiger partial charge in [0.15, 0.2) is 6.61 Å². The van der Waals surface area contributed by atoms with Gasteiger partial charge in [-0.05, 0) is 71.2 Å². The number of hydrogen-bond donors (Lipinski definition) is 1. The monoisotopic (exact) mass is 414 g/mol. The molecule has 0 saturated carbocycles. The molecule has 0 bridgehead atoms. The second-order valence-electron chi connectivity index (χ2n) is 9.36. The largest absolute Gasteiger partial charge is 0.483 e. The summed E-state index contributed by atoms with van der Waals surface area (Å²) < 4.78 is 5.73. The maximum atomic E-state index is 12.3. The molecule has 0 fully saturated rings. The minimum atomic E-state index is -0.274. The Morgan fingerprint density at radius 1 is 1.06 bits per heavy atom. The van der Waals surface area contributed by atoms with Gasteiger partial charge in [-0.15, -0.1) is 0 Å². The maximum absolute atomic E-state index is 12.3. The molecule has 1 amide bonds. The second kappa shape index (κ2) is 8.18. The lowest BCUT2D eigenvalue weighted by molar-refractivity contribution is -0.123. The predicted octanol–water partition coefficient (Wildman–Crippen LogP) is 5.46. The molecule has 3 aromatic rings. The van der Waals surface area contributed by atoms with E-state index in [4.69, 9.17) is 4.74 Å². The van der Waals surface area contributed by atoms with E-state index in [2.05, 4.69) is 73.8 Å². The molecule has 0 unspecified atom stereocenters. The summed E-state index contributed by atoms with van der Waals surface area (Å²) in [5.41, 5.74) is 9.61. The fraction of sp³-hybridized carbons (Fsp3) is 0.333. The van der Waals surface area contributed by atoms with Crippen molar-refractivity contribution in [1.82, 2.24) is 5.43 Å². The number of benzene rings is 3. The molecule has 4 nitrogen and oxygen atoms in total. The van der Waals surface area contributed by atoms with Gasteiger partial charge in [0, 0.05) is 5.56 Å². The van der Waals surface area contributed by atoms with Crippen LogP contribution in [-0.4, -0.2) is 18.2 Å². The summed E-state index contributed by atoms with van der Waals surface area (Å²) in [4.78, 5) is 12.3. The molecule has 0 heterocycles. The van der Waals surface area contributed by atoms with Crippen LogP contribution in [0.25, 0.3) is 10.8 Å². The molecule has 3 aromatic carbocycles. The van der Waals surface area contributed by atoms with Crippen molar-refractivity contribution in [2.75, 3.05) is 6.61 Å². The Balaban J connectivity index is 1.43. The number of amides is 1. The molecule has 0 atom stereocenters. The number of hydrazone groups is 1. The van der Waals surface area contributed by atoms with Crippen LogP contribution in [0.4, 0.5) is 0 Å². The predicted molar refractivity (Wildman–Crippen MR) is 127 cm³/mol. The molecule has 31 heavy (non-hydrogen) atoms.